The van der Waals surface area contributed by atoms with Gasteiger partial charge in [-0.25, -0.2) is 4.99 Å². The highest BCUT2D eigenvalue weighted by Crippen LogP contribution is 2.18. The summed E-state index contributed by atoms with van der Waals surface area (Å²) in [4.78, 5) is 6.82. The van der Waals surface area contributed by atoms with Gasteiger partial charge in [0.2, 0.25) is 0 Å². The van der Waals surface area contributed by atoms with Gasteiger partial charge in [-0.15, -0.1) is 0 Å². The molecule has 0 bridgehead atoms. The highest BCUT2D eigenvalue weighted by molar-refractivity contribution is 5.80. The average Bonchev–Trinajstić information content (AvgIpc) is 2.62. The molecule has 0 heterocycles. The zero-order valence-electron chi connectivity index (χ0n) is 16.4. The van der Waals surface area contributed by atoms with Gasteiger partial charge in [0.05, 0.1) is 12.6 Å². The molecule has 0 radical (unpaired) electrons. The van der Waals surface area contributed by atoms with Crippen LogP contribution in [0.15, 0.2) is 29.3 Å². The van der Waals surface area contributed by atoms with E-state index in [1.54, 1.807) is 0 Å². The smallest absolute Gasteiger partial charge is 0.191 e. The van der Waals surface area contributed by atoms with E-state index in [-0.39, 0.29) is 6.10 Å². The third-order valence-corrected chi connectivity index (χ3v) is 4.51. The maximum atomic E-state index is 9.65. The normalized spacial score (nSPS) is 20.9. The zero-order valence-corrected chi connectivity index (χ0v) is 16.4. The van der Waals surface area contributed by atoms with Crippen molar-refractivity contribution in [3.63, 3.8) is 0 Å². The Bertz CT molecular complexity index is 554. The van der Waals surface area contributed by atoms with Crippen LogP contribution < -0.4 is 15.4 Å². The molecule has 1 aromatic carbocycles. The number of nitrogens with one attached hydrogen (secondary N) is 2. The van der Waals surface area contributed by atoms with Gasteiger partial charge in [-0.1, -0.05) is 12.1 Å². The summed E-state index contributed by atoms with van der Waals surface area (Å²) < 4.78 is 5.80. The van der Waals surface area contributed by atoms with Crippen molar-refractivity contribution in [2.75, 3.05) is 33.8 Å². The van der Waals surface area contributed by atoms with E-state index in [0.717, 1.165) is 56.0 Å². The van der Waals surface area contributed by atoms with Crippen LogP contribution in [0.5, 0.6) is 5.75 Å². The summed E-state index contributed by atoms with van der Waals surface area (Å²) in [6, 6.07) is 8.51. The first-order valence-electron chi connectivity index (χ1n) is 9.66. The molecule has 1 aliphatic carbocycles. The molecule has 1 saturated carbocycles. The van der Waals surface area contributed by atoms with E-state index in [4.69, 9.17) is 9.73 Å². The number of likely N-dealkylation sites (N-methyl/N-ethyl adjacent to an activating group) is 1. The molecule has 2 rings (SSSR count). The van der Waals surface area contributed by atoms with E-state index in [2.05, 4.69) is 34.6 Å². The number of aliphatic hydroxyl groups is 1. The highest BCUT2D eigenvalue weighted by atomic mass is 16.5. The predicted octanol–water partition coefficient (Wildman–Crippen LogP) is 1.99. The van der Waals surface area contributed by atoms with Gasteiger partial charge in [-0.3, -0.25) is 0 Å². The number of hydrogen-bond acceptors (Lipinski definition) is 4. The minimum Gasteiger partial charge on any atom is -0.492 e. The van der Waals surface area contributed by atoms with Gasteiger partial charge >= 0.3 is 0 Å². The van der Waals surface area contributed by atoms with E-state index >= 15 is 0 Å². The predicted molar refractivity (Wildman–Crippen MR) is 107 cm³/mol. The van der Waals surface area contributed by atoms with Gasteiger partial charge < -0.3 is 25.4 Å². The van der Waals surface area contributed by atoms with Crippen LogP contribution in [0.1, 0.15) is 38.2 Å². The standard InChI is InChI=1S/C20H34N4O2/c1-4-21-20(23-17-8-10-18(25)11-9-17)22-15-16-6-5-7-19(14-16)26-13-12-24(2)3/h5-7,14,17-18,25H,4,8-13,15H2,1-3H3,(H2,21,22,23). The lowest BCUT2D eigenvalue weighted by Gasteiger charge is -2.27. The van der Waals surface area contributed by atoms with Crippen LogP contribution in [0.2, 0.25) is 0 Å². The van der Waals surface area contributed by atoms with Crippen molar-refractivity contribution in [3.05, 3.63) is 29.8 Å². The number of hydrogen-bond donors (Lipinski definition) is 3. The largest absolute Gasteiger partial charge is 0.492 e. The molecular formula is C20H34N4O2. The van der Waals surface area contributed by atoms with Crippen molar-refractivity contribution >= 4 is 5.96 Å². The van der Waals surface area contributed by atoms with E-state index in [9.17, 15) is 5.11 Å². The summed E-state index contributed by atoms with van der Waals surface area (Å²) in [6.45, 7) is 5.08. The Balaban J connectivity index is 1.89. The number of benzene rings is 1. The first kappa shape index (κ1) is 20.5. The minimum absolute atomic E-state index is 0.136. The Morgan fingerprint density at radius 3 is 2.73 bits per heavy atom. The van der Waals surface area contributed by atoms with Gasteiger partial charge in [0.25, 0.3) is 0 Å². The summed E-state index contributed by atoms with van der Waals surface area (Å²) >= 11 is 0. The molecule has 0 unspecified atom stereocenters. The Morgan fingerprint density at radius 2 is 2.04 bits per heavy atom. The minimum atomic E-state index is -0.136. The Morgan fingerprint density at radius 1 is 1.27 bits per heavy atom. The van der Waals surface area contributed by atoms with Crippen molar-refractivity contribution in [2.45, 2.75) is 51.3 Å². The van der Waals surface area contributed by atoms with Crippen LogP contribution in [0.3, 0.4) is 0 Å². The molecule has 0 atom stereocenters. The summed E-state index contributed by atoms with van der Waals surface area (Å²) in [7, 11) is 4.08. The van der Waals surface area contributed by atoms with Crippen molar-refractivity contribution in [1.82, 2.24) is 15.5 Å². The highest BCUT2D eigenvalue weighted by Gasteiger charge is 2.19. The summed E-state index contributed by atoms with van der Waals surface area (Å²) in [6.07, 6.45) is 3.57. The molecule has 26 heavy (non-hydrogen) atoms. The fourth-order valence-electron chi connectivity index (χ4n) is 2.98. The van der Waals surface area contributed by atoms with Gasteiger partial charge in [-0.05, 0) is 64.4 Å². The lowest BCUT2D eigenvalue weighted by Crippen LogP contribution is -2.45. The van der Waals surface area contributed by atoms with Gasteiger partial charge in [0, 0.05) is 19.1 Å². The first-order valence-corrected chi connectivity index (χ1v) is 9.66. The summed E-state index contributed by atoms with van der Waals surface area (Å²) in [5.74, 6) is 1.73. The summed E-state index contributed by atoms with van der Waals surface area (Å²) in [5, 5.41) is 16.5. The molecule has 1 aromatic rings. The van der Waals surface area contributed by atoms with Crippen molar-refractivity contribution in [1.29, 1.82) is 0 Å². The van der Waals surface area contributed by atoms with Crippen molar-refractivity contribution in [3.8, 4) is 5.75 Å². The lowest BCUT2D eigenvalue weighted by molar-refractivity contribution is 0.120. The van der Waals surface area contributed by atoms with Crippen molar-refractivity contribution in [2.24, 2.45) is 4.99 Å². The Labute approximate surface area is 157 Å². The van der Waals surface area contributed by atoms with E-state index in [0.29, 0.717) is 19.2 Å². The molecule has 6 heteroatoms. The number of ether oxygens (including phenoxy) is 1. The molecule has 0 saturated heterocycles. The number of nitrogens with zero attached hydrogens (tertiary/aromatic N) is 2. The van der Waals surface area contributed by atoms with Crippen LogP contribution in [0.25, 0.3) is 0 Å². The second-order valence-electron chi connectivity index (χ2n) is 7.14. The molecule has 146 valence electrons. The van der Waals surface area contributed by atoms with Crippen LogP contribution >= 0.6 is 0 Å². The van der Waals surface area contributed by atoms with E-state index in [1.165, 1.54) is 0 Å². The molecule has 1 aliphatic rings. The van der Waals surface area contributed by atoms with Crippen LogP contribution in [0, 0.1) is 0 Å². The van der Waals surface area contributed by atoms with Gasteiger partial charge in [-0.2, -0.15) is 0 Å². The lowest BCUT2D eigenvalue weighted by atomic mass is 9.93. The molecule has 0 spiro atoms. The monoisotopic (exact) mass is 362 g/mol. The second kappa shape index (κ2) is 11.0. The third kappa shape index (κ3) is 7.62. The van der Waals surface area contributed by atoms with E-state index in [1.807, 2.05) is 26.2 Å². The van der Waals surface area contributed by atoms with Crippen LogP contribution in [-0.4, -0.2) is 61.9 Å². The molecule has 0 aliphatic heterocycles. The van der Waals surface area contributed by atoms with Crippen LogP contribution in [-0.2, 0) is 6.54 Å². The summed E-state index contributed by atoms with van der Waals surface area (Å²) in [5.41, 5.74) is 1.13. The fraction of sp³-hybridized carbons (Fsp3) is 0.650. The third-order valence-electron chi connectivity index (χ3n) is 4.51. The topological polar surface area (TPSA) is 69.1 Å². The van der Waals surface area contributed by atoms with Crippen LogP contribution in [0.4, 0.5) is 0 Å². The Hall–Kier alpha value is -1.79. The van der Waals surface area contributed by atoms with Crippen molar-refractivity contribution < 1.29 is 9.84 Å². The molecule has 1 fully saturated rings. The quantitative estimate of drug-likeness (QED) is 0.487. The fourth-order valence-corrected chi connectivity index (χ4v) is 2.98. The number of aliphatic hydroxyl groups excluding tert-OH is 1. The molecule has 3 N–H and O–H groups in total. The zero-order chi connectivity index (χ0) is 18.8. The van der Waals surface area contributed by atoms with E-state index < -0.39 is 0 Å². The molecular weight excluding hydrogens is 328 g/mol. The number of guanidine groups is 1. The van der Waals surface area contributed by atoms with Gasteiger partial charge in [0.1, 0.15) is 12.4 Å². The number of rotatable bonds is 8. The maximum Gasteiger partial charge on any atom is 0.191 e. The average molecular weight is 363 g/mol. The SMILES string of the molecule is CCNC(=NCc1cccc(OCCN(C)C)c1)NC1CCC(O)CC1. The van der Waals surface area contributed by atoms with Gasteiger partial charge in [0.15, 0.2) is 5.96 Å². The first-order chi connectivity index (χ1) is 12.6. The number of aliphatic imine (C=N–C) groups is 1. The molecule has 0 amide bonds. The molecule has 0 aromatic heterocycles. The Kier molecular flexibility index (Phi) is 8.71. The second-order valence-corrected chi connectivity index (χ2v) is 7.14. The molecule has 6 nitrogen and oxygen atoms in total. The maximum absolute atomic E-state index is 9.65.